The Balaban J connectivity index is 1.93. The molecule has 2 aliphatic rings. The normalized spacial score (nSPS) is 38.6. The van der Waals surface area contributed by atoms with Crippen LogP contribution < -0.4 is 0 Å². The molecule has 1 saturated heterocycles. The minimum atomic E-state index is -0.757. The predicted molar refractivity (Wildman–Crippen MR) is 69.5 cm³/mol. The molecule has 18 heavy (non-hydrogen) atoms. The number of ether oxygens (including phenoxy) is 1. The van der Waals surface area contributed by atoms with Crippen LogP contribution in [0.2, 0.25) is 0 Å². The van der Waals surface area contributed by atoms with Crippen molar-refractivity contribution in [1.29, 1.82) is 0 Å². The summed E-state index contributed by atoms with van der Waals surface area (Å²) in [6, 6.07) is 0.619. The van der Waals surface area contributed by atoms with E-state index in [0.29, 0.717) is 18.6 Å². The number of nitrogens with zero attached hydrogens (tertiary/aromatic N) is 1. The van der Waals surface area contributed by atoms with E-state index in [1.807, 2.05) is 0 Å². The molecule has 4 atom stereocenters. The van der Waals surface area contributed by atoms with Crippen LogP contribution in [0.3, 0.4) is 0 Å². The third-order valence-corrected chi connectivity index (χ3v) is 4.71. The lowest BCUT2D eigenvalue weighted by Crippen LogP contribution is -2.52. The highest BCUT2D eigenvalue weighted by Gasteiger charge is 2.34. The van der Waals surface area contributed by atoms with Gasteiger partial charge < -0.3 is 9.84 Å². The van der Waals surface area contributed by atoms with Gasteiger partial charge in [-0.1, -0.05) is 26.7 Å². The molecule has 104 valence electrons. The summed E-state index contributed by atoms with van der Waals surface area (Å²) in [5.74, 6) is 0.735. The minimum Gasteiger partial charge on any atom is -0.481 e. The lowest BCUT2D eigenvalue weighted by Gasteiger charge is -2.44. The van der Waals surface area contributed by atoms with Crippen molar-refractivity contribution < 1.29 is 14.6 Å². The van der Waals surface area contributed by atoms with E-state index in [9.17, 15) is 4.79 Å². The first-order valence-corrected chi connectivity index (χ1v) is 7.15. The molecule has 4 unspecified atom stereocenters. The van der Waals surface area contributed by atoms with Crippen LogP contribution in [-0.4, -0.2) is 47.8 Å². The smallest absolute Gasteiger partial charge is 0.306 e. The second-order valence-electron chi connectivity index (χ2n) is 5.92. The van der Waals surface area contributed by atoms with E-state index >= 15 is 0 Å². The van der Waals surface area contributed by atoms with Crippen LogP contribution in [0.5, 0.6) is 0 Å². The summed E-state index contributed by atoms with van der Waals surface area (Å²) in [6.07, 6.45) is 3.90. The monoisotopic (exact) mass is 255 g/mol. The second-order valence-corrected chi connectivity index (χ2v) is 5.92. The molecule has 4 nitrogen and oxygen atoms in total. The van der Waals surface area contributed by atoms with Crippen molar-refractivity contribution in [1.82, 2.24) is 4.90 Å². The van der Waals surface area contributed by atoms with E-state index < -0.39 is 5.97 Å². The summed E-state index contributed by atoms with van der Waals surface area (Å²) in [5.41, 5.74) is 0. The lowest BCUT2D eigenvalue weighted by atomic mass is 9.77. The standard InChI is InChI=1S/C14H25NO3/c1-10-4-3-5-13(11(10)2)15-6-7-18-12(9-15)8-14(16)17/h10-13H,3-9H2,1-2H3,(H,16,17). The number of hydrogen-bond donors (Lipinski definition) is 1. The van der Waals surface area contributed by atoms with Crippen LogP contribution in [0.25, 0.3) is 0 Å². The number of carbonyl (C=O) groups is 1. The number of aliphatic carboxylic acids is 1. The highest BCUT2D eigenvalue weighted by Crippen LogP contribution is 2.33. The van der Waals surface area contributed by atoms with Crippen molar-refractivity contribution in [3.8, 4) is 0 Å². The van der Waals surface area contributed by atoms with Gasteiger partial charge in [0, 0.05) is 19.1 Å². The molecule has 1 aliphatic heterocycles. The van der Waals surface area contributed by atoms with E-state index in [1.165, 1.54) is 19.3 Å². The van der Waals surface area contributed by atoms with Gasteiger partial charge >= 0.3 is 5.97 Å². The van der Waals surface area contributed by atoms with E-state index in [2.05, 4.69) is 18.7 Å². The molecule has 0 radical (unpaired) electrons. The fourth-order valence-electron chi connectivity index (χ4n) is 3.43. The van der Waals surface area contributed by atoms with Crippen LogP contribution in [0.15, 0.2) is 0 Å². The number of rotatable bonds is 3. The van der Waals surface area contributed by atoms with Gasteiger partial charge in [-0.05, 0) is 18.3 Å². The molecule has 2 rings (SSSR count). The van der Waals surface area contributed by atoms with Crippen LogP contribution >= 0.6 is 0 Å². The Morgan fingerprint density at radius 2 is 2.17 bits per heavy atom. The molecule has 0 bridgehead atoms. The molecule has 0 amide bonds. The van der Waals surface area contributed by atoms with Gasteiger partial charge in [-0.2, -0.15) is 0 Å². The molecule has 1 saturated carbocycles. The van der Waals surface area contributed by atoms with E-state index in [-0.39, 0.29) is 12.5 Å². The van der Waals surface area contributed by atoms with Crippen molar-refractivity contribution in [3.05, 3.63) is 0 Å². The topological polar surface area (TPSA) is 49.8 Å². The number of carboxylic acids is 1. The Bertz CT molecular complexity index is 295. The van der Waals surface area contributed by atoms with Gasteiger partial charge in [0.25, 0.3) is 0 Å². The quantitative estimate of drug-likeness (QED) is 0.838. The molecule has 0 spiro atoms. The van der Waals surface area contributed by atoms with E-state index in [1.54, 1.807) is 0 Å². The van der Waals surface area contributed by atoms with Crippen molar-refractivity contribution in [2.45, 2.75) is 51.7 Å². The minimum absolute atomic E-state index is 0.124. The Morgan fingerprint density at radius 3 is 2.89 bits per heavy atom. The van der Waals surface area contributed by atoms with Gasteiger partial charge in [0.15, 0.2) is 0 Å². The van der Waals surface area contributed by atoms with E-state index in [4.69, 9.17) is 9.84 Å². The Hall–Kier alpha value is -0.610. The molecular formula is C14H25NO3. The van der Waals surface area contributed by atoms with Gasteiger partial charge in [0.2, 0.25) is 0 Å². The summed E-state index contributed by atoms with van der Waals surface area (Å²) in [5, 5.41) is 8.86. The maximum absolute atomic E-state index is 10.8. The zero-order chi connectivity index (χ0) is 13.1. The second kappa shape index (κ2) is 6.02. The van der Waals surface area contributed by atoms with Crippen LogP contribution in [0.4, 0.5) is 0 Å². The van der Waals surface area contributed by atoms with Gasteiger partial charge in [-0.25, -0.2) is 0 Å². The molecule has 4 heteroatoms. The maximum Gasteiger partial charge on any atom is 0.306 e. The molecule has 1 N–H and O–H groups in total. The Labute approximate surface area is 109 Å². The van der Waals surface area contributed by atoms with Crippen molar-refractivity contribution >= 4 is 5.97 Å². The van der Waals surface area contributed by atoms with Gasteiger partial charge in [0.05, 0.1) is 19.1 Å². The van der Waals surface area contributed by atoms with Crippen molar-refractivity contribution in [2.75, 3.05) is 19.7 Å². The summed E-state index contributed by atoms with van der Waals surface area (Å²) in [4.78, 5) is 13.2. The Morgan fingerprint density at radius 1 is 1.39 bits per heavy atom. The third-order valence-electron chi connectivity index (χ3n) is 4.71. The first-order chi connectivity index (χ1) is 8.58. The third kappa shape index (κ3) is 3.23. The Kier molecular flexibility index (Phi) is 4.62. The zero-order valence-electron chi connectivity index (χ0n) is 11.5. The molecular weight excluding hydrogens is 230 g/mol. The first-order valence-electron chi connectivity index (χ1n) is 7.15. The average Bonchev–Trinajstić information content (AvgIpc) is 2.32. The van der Waals surface area contributed by atoms with Crippen molar-refractivity contribution in [3.63, 3.8) is 0 Å². The number of carboxylic acid groups (broad SMARTS) is 1. The van der Waals surface area contributed by atoms with Gasteiger partial charge in [-0.3, -0.25) is 9.69 Å². The van der Waals surface area contributed by atoms with Crippen molar-refractivity contribution in [2.24, 2.45) is 11.8 Å². The fourth-order valence-corrected chi connectivity index (χ4v) is 3.43. The molecule has 0 aromatic rings. The zero-order valence-corrected chi connectivity index (χ0v) is 11.5. The number of morpholine rings is 1. The van der Waals surface area contributed by atoms with Gasteiger partial charge in [-0.15, -0.1) is 0 Å². The summed E-state index contributed by atoms with van der Waals surface area (Å²) in [7, 11) is 0. The summed E-state index contributed by atoms with van der Waals surface area (Å²) < 4.78 is 5.55. The van der Waals surface area contributed by atoms with Crippen LogP contribution in [0.1, 0.15) is 39.5 Å². The highest BCUT2D eigenvalue weighted by molar-refractivity contribution is 5.67. The summed E-state index contributed by atoms with van der Waals surface area (Å²) >= 11 is 0. The molecule has 0 aromatic heterocycles. The SMILES string of the molecule is CC1CCCC(N2CCOC(CC(=O)O)C2)C1C. The van der Waals surface area contributed by atoms with E-state index in [0.717, 1.165) is 19.0 Å². The molecule has 0 aromatic carbocycles. The highest BCUT2D eigenvalue weighted by atomic mass is 16.5. The molecule has 2 fully saturated rings. The average molecular weight is 255 g/mol. The summed E-state index contributed by atoms with van der Waals surface area (Å²) in [6.45, 7) is 7.10. The largest absolute Gasteiger partial charge is 0.481 e. The van der Waals surface area contributed by atoms with Crippen LogP contribution in [0, 0.1) is 11.8 Å². The maximum atomic E-state index is 10.8. The first kappa shape index (κ1) is 13.8. The lowest BCUT2D eigenvalue weighted by molar-refractivity contribution is -0.143. The molecule has 1 aliphatic carbocycles. The van der Waals surface area contributed by atoms with Crippen LogP contribution in [-0.2, 0) is 9.53 Å². The predicted octanol–water partition coefficient (Wildman–Crippen LogP) is 1.99. The fraction of sp³-hybridized carbons (Fsp3) is 0.929. The molecule has 1 heterocycles. The van der Waals surface area contributed by atoms with Gasteiger partial charge in [0.1, 0.15) is 0 Å². The number of hydrogen-bond acceptors (Lipinski definition) is 3.